The lowest BCUT2D eigenvalue weighted by Crippen LogP contribution is -2.55. The van der Waals surface area contributed by atoms with E-state index in [4.69, 9.17) is 9.47 Å². The number of likely N-dealkylation sites (tertiary alicyclic amines) is 1. The quantitative estimate of drug-likeness (QED) is 0.745. The van der Waals surface area contributed by atoms with Crippen molar-refractivity contribution in [2.24, 2.45) is 5.41 Å². The molecule has 1 aromatic rings. The lowest BCUT2D eigenvalue weighted by molar-refractivity contribution is -0.190. The van der Waals surface area contributed by atoms with Gasteiger partial charge in [0.2, 0.25) is 11.8 Å². The zero-order chi connectivity index (χ0) is 19.1. The van der Waals surface area contributed by atoms with E-state index >= 15 is 0 Å². The van der Waals surface area contributed by atoms with Crippen LogP contribution in [0.5, 0.6) is 0 Å². The lowest BCUT2D eigenvalue weighted by Gasteiger charge is -2.41. The molecular weight excluding hydrogens is 344 g/mol. The van der Waals surface area contributed by atoms with Gasteiger partial charge in [0.1, 0.15) is 5.41 Å². The summed E-state index contributed by atoms with van der Waals surface area (Å²) >= 11 is 0. The molecule has 3 heterocycles. The highest BCUT2D eigenvalue weighted by molar-refractivity contribution is 6.04. The third kappa shape index (κ3) is 3.36. The Morgan fingerprint density at radius 3 is 2.19 bits per heavy atom. The Hall–Kier alpha value is -1.92. The molecule has 146 valence electrons. The van der Waals surface area contributed by atoms with E-state index in [0.717, 1.165) is 6.42 Å². The van der Waals surface area contributed by atoms with Gasteiger partial charge in [0.05, 0.1) is 13.2 Å². The zero-order valence-electron chi connectivity index (χ0n) is 16.2. The molecule has 2 fully saturated rings. The minimum Gasteiger partial charge on any atom is -0.347 e. The highest BCUT2D eigenvalue weighted by Gasteiger charge is 2.46. The molecule has 0 bridgehead atoms. The van der Waals surface area contributed by atoms with Crippen molar-refractivity contribution in [1.29, 1.82) is 0 Å². The molecule has 4 rings (SSSR count). The van der Waals surface area contributed by atoms with E-state index < -0.39 is 11.2 Å². The predicted molar refractivity (Wildman–Crippen MR) is 99.8 cm³/mol. The molecule has 1 spiro atoms. The number of hydrogen-bond acceptors (Lipinski definition) is 4. The van der Waals surface area contributed by atoms with Crippen molar-refractivity contribution < 1.29 is 19.1 Å². The number of amides is 2. The van der Waals surface area contributed by atoms with Crippen LogP contribution in [-0.2, 0) is 32.0 Å². The van der Waals surface area contributed by atoms with Crippen LogP contribution in [-0.4, -0.2) is 60.2 Å². The molecule has 0 atom stereocenters. The van der Waals surface area contributed by atoms with Crippen LogP contribution in [0.3, 0.4) is 0 Å². The SMILES string of the molecule is CC(C)(C(=O)N1CCC2(CC1)OCCO2)C(=O)N1CCc2ccccc2C1. The molecule has 6 nitrogen and oxygen atoms in total. The van der Waals surface area contributed by atoms with E-state index in [1.165, 1.54) is 11.1 Å². The average molecular weight is 372 g/mol. The number of carbonyl (C=O) groups is 2. The molecule has 3 aliphatic rings. The van der Waals surface area contributed by atoms with Crippen molar-refractivity contribution in [2.75, 3.05) is 32.8 Å². The molecule has 0 unspecified atom stereocenters. The number of nitrogens with zero attached hydrogens (tertiary/aromatic N) is 2. The third-order valence-electron chi connectivity index (χ3n) is 6.11. The standard InChI is InChI=1S/C21H28N2O4/c1-20(2,18(24)22-11-8-21(9-12-22)26-13-14-27-21)19(25)23-10-7-16-5-3-4-6-17(16)15-23/h3-6H,7-15H2,1-2H3. The van der Waals surface area contributed by atoms with Crippen molar-refractivity contribution in [3.63, 3.8) is 0 Å². The van der Waals surface area contributed by atoms with Gasteiger partial charge in [0, 0.05) is 39.0 Å². The fraction of sp³-hybridized carbons (Fsp3) is 0.619. The van der Waals surface area contributed by atoms with Gasteiger partial charge in [0.15, 0.2) is 5.79 Å². The van der Waals surface area contributed by atoms with Gasteiger partial charge in [-0.05, 0) is 31.4 Å². The minimum absolute atomic E-state index is 0.0874. The first-order valence-corrected chi connectivity index (χ1v) is 9.85. The molecule has 6 heteroatoms. The van der Waals surface area contributed by atoms with Crippen LogP contribution in [0.15, 0.2) is 24.3 Å². The summed E-state index contributed by atoms with van der Waals surface area (Å²) in [5.74, 6) is -0.698. The molecule has 0 N–H and O–H groups in total. The summed E-state index contributed by atoms with van der Waals surface area (Å²) in [6.45, 7) is 7.13. The van der Waals surface area contributed by atoms with Gasteiger partial charge in [0.25, 0.3) is 0 Å². The normalized spacial score (nSPS) is 22.0. The first-order valence-electron chi connectivity index (χ1n) is 9.85. The summed E-state index contributed by atoms with van der Waals surface area (Å²) in [7, 11) is 0. The fourth-order valence-electron chi connectivity index (χ4n) is 4.39. The summed E-state index contributed by atoms with van der Waals surface area (Å²) in [4.78, 5) is 30.0. The van der Waals surface area contributed by atoms with Crippen LogP contribution in [0, 0.1) is 5.41 Å². The molecule has 0 aliphatic carbocycles. The number of fused-ring (bicyclic) bond motifs is 1. The molecule has 2 saturated heterocycles. The highest BCUT2D eigenvalue weighted by atomic mass is 16.7. The van der Waals surface area contributed by atoms with Crippen LogP contribution in [0.25, 0.3) is 0 Å². The Bertz CT molecular complexity index is 729. The Morgan fingerprint density at radius 1 is 0.926 bits per heavy atom. The molecular formula is C21H28N2O4. The first kappa shape index (κ1) is 18.4. The van der Waals surface area contributed by atoms with E-state index in [-0.39, 0.29) is 11.8 Å². The largest absolute Gasteiger partial charge is 0.347 e. The molecule has 1 aromatic carbocycles. The maximum Gasteiger partial charge on any atom is 0.238 e. The van der Waals surface area contributed by atoms with Gasteiger partial charge >= 0.3 is 0 Å². The number of rotatable bonds is 2. The van der Waals surface area contributed by atoms with Crippen LogP contribution >= 0.6 is 0 Å². The Kier molecular flexibility index (Phi) is 4.72. The van der Waals surface area contributed by atoms with E-state index in [2.05, 4.69) is 12.1 Å². The summed E-state index contributed by atoms with van der Waals surface area (Å²) in [6, 6.07) is 8.21. The van der Waals surface area contributed by atoms with Crippen molar-refractivity contribution >= 4 is 11.8 Å². The monoisotopic (exact) mass is 372 g/mol. The van der Waals surface area contributed by atoms with Crippen LogP contribution < -0.4 is 0 Å². The van der Waals surface area contributed by atoms with Gasteiger partial charge in [-0.2, -0.15) is 0 Å². The van der Waals surface area contributed by atoms with E-state index in [1.54, 1.807) is 18.7 Å². The third-order valence-corrected chi connectivity index (χ3v) is 6.11. The van der Waals surface area contributed by atoms with Gasteiger partial charge in [-0.1, -0.05) is 24.3 Å². The maximum absolute atomic E-state index is 13.2. The maximum atomic E-state index is 13.2. The number of hydrogen-bond donors (Lipinski definition) is 0. The first-order chi connectivity index (χ1) is 12.9. The van der Waals surface area contributed by atoms with Crippen molar-refractivity contribution in [1.82, 2.24) is 9.80 Å². The fourth-order valence-corrected chi connectivity index (χ4v) is 4.39. The number of benzene rings is 1. The summed E-state index contributed by atoms with van der Waals surface area (Å²) in [5, 5.41) is 0. The van der Waals surface area contributed by atoms with Gasteiger partial charge < -0.3 is 19.3 Å². The summed E-state index contributed by atoms with van der Waals surface area (Å²) < 4.78 is 11.5. The second kappa shape index (κ2) is 6.91. The molecule has 0 radical (unpaired) electrons. The second-order valence-electron chi connectivity index (χ2n) is 8.27. The van der Waals surface area contributed by atoms with Gasteiger partial charge in [-0.3, -0.25) is 9.59 Å². The molecule has 2 amide bonds. The molecule has 3 aliphatic heterocycles. The van der Waals surface area contributed by atoms with Crippen molar-refractivity contribution in [3.8, 4) is 0 Å². The van der Waals surface area contributed by atoms with E-state index in [0.29, 0.717) is 52.2 Å². The van der Waals surface area contributed by atoms with Crippen molar-refractivity contribution in [3.05, 3.63) is 35.4 Å². The number of ether oxygens (including phenoxy) is 2. The minimum atomic E-state index is -1.06. The Labute approximate surface area is 160 Å². The lowest BCUT2D eigenvalue weighted by atomic mass is 9.87. The van der Waals surface area contributed by atoms with E-state index in [9.17, 15) is 9.59 Å². The summed E-state index contributed by atoms with van der Waals surface area (Å²) in [5.41, 5.74) is 1.41. The van der Waals surface area contributed by atoms with Crippen LogP contribution in [0.4, 0.5) is 0 Å². The van der Waals surface area contributed by atoms with Gasteiger partial charge in [-0.25, -0.2) is 0 Å². The topological polar surface area (TPSA) is 59.1 Å². The predicted octanol–water partition coefficient (Wildman–Crippen LogP) is 1.96. The van der Waals surface area contributed by atoms with Gasteiger partial charge in [-0.15, -0.1) is 0 Å². The molecule has 0 saturated carbocycles. The highest BCUT2D eigenvalue weighted by Crippen LogP contribution is 2.34. The second-order valence-corrected chi connectivity index (χ2v) is 8.27. The summed E-state index contributed by atoms with van der Waals surface area (Å²) in [6.07, 6.45) is 2.17. The average Bonchev–Trinajstić information content (AvgIpc) is 3.15. The number of carbonyl (C=O) groups excluding carboxylic acids is 2. The zero-order valence-corrected chi connectivity index (χ0v) is 16.2. The molecule has 27 heavy (non-hydrogen) atoms. The Balaban J connectivity index is 1.42. The molecule has 0 aromatic heterocycles. The van der Waals surface area contributed by atoms with Crippen molar-refractivity contribution in [2.45, 2.75) is 45.4 Å². The van der Waals surface area contributed by atoms with E-state index in [1.807, 2.05) is 17.0 Å². The number of piperidine rings is 1. The smallest absolute Gasteiger partial charge is 0.238 e. The Morgan fingerprint density at radius 2 is 1.52 bits per heavy atom. The van der Waals surface area contributed by atoms with Crippen LogP contribution in [0.1, 0.15) is 37.8 Å². The van der Waals surface area contributed by atoms with Crippen LogP contribution in [0.2, 0.25) is 0 Å².